The van der Waals surface area contributed by atoms with Crippen molar-refractivity contribution in [2.24, 2.45) is 4.99 Å². The van der Waals surface area contributed by atoms with E-state index in [0.717, 1.165) is 63.3 Å². The number of hydrogen-bond acceptors (Lipinski definition) is 4. The standard InChI is InChI=1S/C19H31ClN6/c1-21-19(22-14-18-15-23(2)7-8-24(18)3)26-11-9-25(10-12-26)17-6-4-5-16(20)13-17/h4-6,13,18H,7-12,14-15H2,1-3H3,(H,21,22). The van der Waals surface area contributed by atoms with E-state index in [1.54, 1.807) is 0 Å². The van der Waals surface area contributed by atoms with Crippen molar-refractivity contribution in [1.82, 2.24) is 20.0 Å². The van der Waals surface area contributed by atoms with Crippen LogP contribution in [0.1, 0.15) is 0 Å². The van der Waals surface area contributed by atoms with E-state index in [0.29, 0.717) is 6.04 Å². The molecule has 2 aliphatic heterocycles. The molecule has 144 valence electrons. The summed E-state index contributed by atoms with van der Waals surface area (Å²) < 4.78 is 0. The van der Waals surface area contributed by atoms with Crippen LogP contribution in [-0.4, -0.2) is 100 Å². The molecule has 0 amide bonds. The number of rotatable bonds is 3. The van der Waals surface area contributed by atoms with E-state index >= 15 is 0 Å². The molecule has 7 heteroatoms. The van der Waals surface area contributed by atoms with E-state index in [4.69, 9.17) is 11.6 Å². The van der Waals surface area contributed by atoms with Crippen molar-refractivity contribution in [3.05, 3.63) is 29.3 Å². The second-order valence-corrected chi connectivity index (χ2v) is 7.72. The molecule has 0 aromatic heterocycles. The van der Waals surface area contributed by atoms with Gasteiger partial charge in [-0.25, -0.2) is 0 Å². The van der Waals surface area contributed by atoms with Gasteiger partial charge in [0, 0.05) is 76.2 Å². The highest BCUT2D eigenvalue weighted by atomic mass is 35.5. The zero-order valence-corrected chi connectivity index (χ0v) is 16.9. The molecular weight excluding hydrogens is 348 g/mol. The maximum Gasteiger partial charge on any atom is 0.193 e. The Morgan fingerprint density at radius 3 is 2.62 bits per heavy atom. The molecule has 0 aliphatic carbocycles. The molecule has 0 bridgehead atoms. The van der Waals surface area contributed by atoms with Crippen molar-refractivity contribution in [1.29, 1.82) is 0 Å². The average molecular weight is 379 g/mol. The number of likely N-dealkylation sites (N-methyl/N-ethyl adjacent to an activating group) is 2. The Hall–Kier alpha value is -1.50. The van der Waals surface area contributed by atoms with Gasteiger partial charge >= 0.3 is 0 Å². The lowest BCUT2D eigenvalue weighted by molar-refractivity contribution is 0.116. The summed E-state index contributed by atoms with van der Waals surface area (Å²) in [6.45, 7) is 8.19. The highest BCUT2D eigenvalue weighted by Gasteiger charge is 2.24. The molecule has 3 rings (SSSR count). The number of nitrogens with zero attached hydrogens (tertiary/aromatic N) is 5. The predicted molar refractivity (Wildman–Crippen MR) is 111 cm³/mol. The van der Waals surface area contributed by atoms with Gasteiger partial charge in [-0.3, -0.25) is 9.89 Å². The largest absolute Gasteiger partial charge is 0.368 e. The SMILES string of the molecule is CN=C(NCC1CN(C)CCN1C)N1CCN(c2cccc(Cl)c2)CC1. The van der Waals surface area contributed by atoms with Crippen LogP contribution < -0.4 is 10.2 Å². The first-order chi connectivity index (χ1) is 12.6. The molecule has 1 aromatic carbocycles. The van der Waals surface area contributed by atoms with Crippen molar-refractivity contribution in [2.45, 2.75) is 6.04 Å². The quantitative estimate of drug-likeness (QED) is 0.633. The van der Waals surface area contributed by atoms with Gasteiger partial charge in [0.1, 0.15) is 0 Å². The van der Waals surface area contributed by atoms with Gasteiger partial charge in [0.2, 0.25) is 0 Å². The summed E-state index contributed by atoms with van der Waals surface area (Å²) in [5, 5.41) is 4.39. The molecule has 1 aromatic rings. The molecule has 0 spiro atoms. The van der Waals surface area contributed by atoms with Gasteiger partial charge in [-0.2, -0.15) is 0 Å². The van der Waals surface area contributed by atoms with Crippen LogP contribution in [0.3, 0.4) is 0 Å². The second-order valence-electron chi connectivity index (χ2n) is 7.28. The Labute approximate surface area is 162 Å². The zero-order valence-electron chi connectivity index (χ0n) is 16.2. The molecule has 2 saturated heterocycles. The maximum absolute atomic E-state index is 6.13. The van der Waals surface area contributed by atoms with Gasteiger partial charge < -0.3 is 20.0 Å². The summed E-state index contributed by atoms with van der Waals surface area (Å²) in [4.78, 5) is 14.1. The van der Waals surface area contributed by atoms with E-state index in [1.807, 2.05) is 25.2 Å². The Morgan fingerprint density at radius 1 is 1.15 bits per heavy atom. The topological polar surface area (TPSA) is 37.4 Å². The number of piperazine rings is 2. The van der Waals surface area contributed by atoms with Crippen molar-refractivity contribution in [3.8, 4) is 0 Å². The summed E-state index contributed by atoms with van der Waals surface area (Å²) in [6, 6.07) is 8.64. The smallest absolute Gasteiger partial charge is 0.193 e. The number of anilines is 1. The Balaban J connectivity index is 1.50. The first-order valence-electron chi connectivity index (χ1n) is 9.41. The Bertz CT molecular complexity index is 614. The molecule has 26 heavy (non-hydrogen) atoms. The van der Waals surface area contributed by atoms with Crippen LogP contribution in [-0.2, 0) is 0 Å². The number of guanidine groups is 1. The van der Waals surface area contributed by atoms with Crippen LogP contribution in [0.4, 0.5) is 5.69 Å². The van der Waals surface area contributed by atoms with Gasteiger partial charge in [0.15, 0.2) is 5.96 Å². The molecule has 2 aliphatic rings. The molecule has 1 N–H and O–H groups in total. The van der Waals surface area contributed by atoms with Gasteiger partial charge in [-0.05, 0) is 32.3 Å². The lowest BCUT2D eigenvalue weighted by Crippen LogP contribution is -2.57. The maximum atomic E-state index is 6.13. The third kappa shape index (κ3) is 4.81. The molecular formula is C19H31ClN6. The average Bonchev–Trinajstić information content (AvgIpc) is 2.65. The highest BCUT2D eigenvalue weighted by Crippen LogP contribution is 2.20. The zero-order chi connectivity index (χ0) is 18.5. The predicted octanol–water partition coefficient (Wildman–Crippen LogP) is 1.28. The molecule has 1 atom stereocenters. The van der Waals surface area contributed by atoms with Crippen molar-refractivity contribution in [3.63, 3.8) is 0 Å². The summed E-state index contributed by atoms with van der Waals surface area (Å²) >= 11 is 6.13. The summed E-state index contributed by atoms with van der Waals surface area (Å²) in [7, 11) is 6.29. The van der Waals surface area contributed by atoms with Crippen molar-refractivity contribution >= 4 is 23.2 Å². The van der Waals surface area contributed by atoms with E-state index in [1.165, 1.54) is 5.69 Å². The minimum Gasteiger partial charge on any atom is -0.368 e. The second kappa shape index (κ2) is 8.93. The van der Waals surface area contributed by atoms with Crippen LogP contribution >= 0.6 is 11.6 Å². The molecule has 1 unspecified atom stereocenters. The van der Waals surface area contributed by atoms with Crippen LogP contribution in [0.5, 0.6) is 0 Å². The first kappa shape index (κ1) is 19.3. The number of hydrogen-bond donors (Lipinski definition) is 1. The van der Waals surface area contributed by atoms with Crippen LogP contribution in [0.2, 0.25) is 5.02 Å². The lowest BCUT2D eigenvalue weighted by atomic mass is 10.2. The fraction of sp³-hybridized carbons (Fsp3) is 0.632. The lowest BCUT2D eigenvalue weighted by Gasteiger charge is -2.40. The van der Waals surface area contributed by atoms with Crippen LogP contribution in [0.25, 0.3) is 0 Å². The fourth-order valence-corrected chi connectivity index (χ4v) is 3.90. The number of halogens is 1. The van der Waals surface area contributed by atoms with Gasteiger partial charge in [-0.15, -0.1) is 0 Å². The minimum absolute atomic E-state index is 0.526. The van der Waals surface area contributed by atoms with Crippen molar-refractivity contribution in [2.75, 3.05) is 78.4 Å². The van der Waals surface area contributed by atoms with Gasteiger partial charge in [-0.1, -0.05) is 17.7 Å². The summed E-state index contributed by atoms with van der Waals surface area (Å²) in [5.74, 6) is 1.01. The highest BCUT2D eigenvalue weighted by molar-refractivity contribution is 6.30. The normalized spacial score (nSPS) is 23.4. The van der Waals surface area contributed by atoms with E-state index in [-0.39, 0.29) is 0 Å². The number of nitrogens with one attached hydrogen (secondary N) is 1. The number of benzene rings is 1. The summed E-state index contributed by atoms with van der Waals surface area (Å²) in [6.07, 6.45) is 0. The van der Waals surface area contributed by atoms with Gasteiger partial charge in [0.05, 0.1) is 0 Å². The van der Waals surface area contributed by atoms with E-state index < -0.39 is 0 Å². The van der Waals surface area contributed by atoms with E-state index in [2.05, 4.69) is 50.1 Å². The minimum atomic E-state index is 0.526. The third-order valence-corrected chi connectivity index (χ3v) is 5.68. The molecule has 2 fully saturated rings. The van der Waals surface area contributed by atoms with Crippen molar-refractivity contribution < 1.29 is 0 Å². The molecule has 0 saturated carbocycles. The first-order valence-corrected chi connectivity index (χ1v) is 9.79. The van der Waals surface area contributed by atoms with E-state index in [9.17, 15) is 0 Å². The molecule has 0 radical (unpaired) electrons. The Morgan fingerprint density at radius 2 is 1.92 bits per heavy atom. The van der Waals surface area contributed by atoms with Gasteiger partial charge in [0.25, 0.3) is 0 Å². The third-order valence-electron chi connectivity index (χ3n) is 5.44. The monoisotopic (exact) mass is 378 g/mol. The Kier molecular flexibility index (Phi) is 6.62. The summed E-state index contributed by atoms with van der Waals surface area (Å²) in [5.41, 5.74) is 1.20. The molecule has 2 heterocycles. The van der Waals surface area contributed by atoms with Crippen LogP contribution in [0, 0.1) is 0 Å². The van der Waals surface area contributed by atoms with Crippen LogP contribution in [0.15, 0.2) is 29.3 Å². The molecule has 6 nitrogen and oxygen atoms in total. The fourth-order valence-electron chi connectivity index (χ4n) is 3.71. The number of aliphatic imine (C=N–C) groups is 1.